The molecule has 1 N–H and O–H groups in total. The largest absolute Gasteiger partial charge is 0.482 e. The molecule has 0 aliphatic carbocycles. The molecule has 1 unspecified atom stereocenters. The summed E-state index contributed by atoms with van der Waals surface area (Å²) >= 11 is 0. The predicted molar refractivity (Wildman–Crippen MR) is 43.5 cm³/mol. The van der Waals surface area contributed by atoms with E-state index in [4.69, 9.17) is 14.2 Å². The second kappa shape index (κ2) is 3.96. The molecule has 12 heavy (non-hydrogen) atoms. The highest BCUT2D eigenvalue weighted by molar-refractivity contribution is 5.88. The van der Waals surface area contributed by atoms with E-state index in [-0.39, 0.29) is 0 Å². The van der Waals surface area contributed by atoms with Gasteiger partial charge in [-0.15, -0.1) is 0 Å². The number of nitrogens with one attached hydrogen (secondary N) is 1. The van der Waals surface area contributed by atoms with Crippen molar-refractivity contribution in [3.63, 3.8) is 0 Å². The van der Waals surface area contributed by atoms with E-state index < -0.39 is 6.35 Å². The van der Waals surface area contributed by atoms with Crippen LogP contribution in [0.15, 0.2) is 17.0 Å². The number of hydrogen-bond donors (Lipinski definition) is 1. The molecule has 0 aromatic rings. The monoisotopic (exact) mass is 172 g/mol. The standard InChI is InChI=1S/C7H12N2O3/c1-10-5-4-6(11-2)9-7(8-5)12-3/h4,7-8H,1-3H3. The van der Waals surface area contributed by atoms with Crippen LogP contribution in [-0.4, -0.2) is 33.6 Å². The summed E-state index contributed by atoms with van der Waals surface area (Å²) in [6, 6.07) is 0. The summed E-state index contributed by atoms with van der Waals surface area (Å²) in [7, 11) is 4.65. The van der Waals surface area contributed by atoms with Gasteiger partial charge in [0, 0.05) is 7.11 Å². The lowest BCUT2D eigenvalue weighted by Gasteiger charge is -2.20. The zero-order valence-electron chi connectivity index (χ0n) is 7.33. The van der Waals surface area contributed by atoms with E-state index in [2.05, 4.69) is 10.3 Å². The second-order valence-corrected chi connectivity index (χ2v) is 2.12. The van der Waals surface area contributed by atoms with Crippen LogP contribution in [0.2, 0.25) is 0 Å². The summed E-state index contributed by atoms with van der Waals surface area (Å²) in [4.78, 5) is 4.02. The molecule has 1 atom stereocenters. The summed E-state index contributed by atoms with van der Waals surface area (Å²) in [5, 5.41) is 2.87. The predicted octanol–water partition coefficient (Wildman–Crippen LogP) is 0.0523. The van der Waals surface area contributed by atoms with Gasteiger partial charge in [0.1, 0.15) is 0 Å². The molecule has 0 saturated heterocycles. The first kappa shape index (κ1) is 8.86. The highest BCUT2D eigenvalue weighted by Crippen LogP contribution is 2.04. The molecule has 0 saturated carbocycles. The van der Waals surface area contributed by atoms with Gasteiger partial charge >= 0.3 is 0 Å². The SMILES string of the molecule is COC1=CC(OC)=NC(OC)N1. The first-order valence-corrected chi connectivity index (χ1v) is 3.47. The molecule has 1 heterocycles. The van der Waals surface area contributed by atoms with Crippen molar-refractivity contribution in [2.45, 2.75) is 6.35 Å². The van der Waals surface area contributed by atoms with Gasteiger partial charge in [-0.05, 0) is 0 Å². The minimum Gasteiger partial charge on any atom is -0.482 e. The number of rotatable bonds is 2. The fourth-order valence-corrected chi connectivity index (χ4v) is 0.802. The molecule has 0 spiro atoms. The summed E-state index contributed by atoms with van der Waals surface area (Å²) < 4.78 is 14.8. The first-order chi connectivity index (χ1) is 5.80. The zero-order valence-corrected chi connectivity index (χ0v) is 7.33. The van der Waals surface area contributed by atoms with Crippen molar-refractivity contribution in [3.05, 3.63) is 12.0 Å². The molecule has 5 heteroatoms. The molecule has 0 amide bonds. The molecule has 1 aliphatic rings. The Labute approximate surface area is 71.0 Å². The van der Waals surface area contributed by atoms with Crippen molar-refractivity contribution in [2.75, 3.05) is 21.3 Å². The van der Waals surface area contributed by atoms with Crippen LogP contribution in [0.1, 0.15) is 0 Å². The van der Waals surface area contributed by atoms with Gasteiger partial charge in [-0.1, -0.05) is 0 Å². The third-order valence-corrected chi connectivity index (χ3v) is 1.42. The van der Waals surface area contributed by atoms with Gasteiger partial charge in [0.15, 0.2) is 5.88 Å². The van der Waals surface area contributed by atoms with Crippen LogP contribution in [0, 0.1) is 0 Å². The average molecular weight is 172 g/mol. The lowest BCUT2D eigenvalue weighted by Crippen LogP contribution is -2.34. The summed E-state index contributed by atoms with van der Waals surface area (Å²) in [5.74, 6) is 1.06. The van der Waals surface area contributed by atoms with Gasteiger partial charge in [0.25, 0.3) is 0 Å². The Bertz CT molecular complexity index is 213. The Balaban J connectivity index is 2.70. The van der Waals surface area contributed by atoms with Gasteiger partial charge in [-0.25, -0.2) is 0 Å². The minimum absolute atomic E-state index is 0.431. The van der Waals surface area contributed by atoms with Crippen molar-refractivity contribution in [3.8, 4) is 0 Å². The van der Waals surface area contributed by atoms with Gasteiger partial charge in [0.05, 0.1) is 20.3 Å². The molecule has 68 valence electrons. The fraction of sp³-hybridized carbons (Fsp3) is 0.571. The normalized spacial score (nSPS) is 22.1. The average Bonchev–Trinajstić information content (AvgIpc) is 2.16. The first-order valence-electron chi connectivity index (χ1n) is 3.47. The van der Waals surface area contributed by atoms with E-state index in [0.29, 0.717) is 11.8 Å². The zero-order chi connectivity index (χ0) is 8.97. The third kappa shape index (κ3) is 1.88. The Morgan fingerprint density at radius 2 is 2.08 bits per heavy atom. The van der Waals surface area contributed by atoms with Crippen molar-refractivity contribution >= 4 is 5.90 Å². The van der Waals surface area contributed by atoms with E-state index in [1.54, 1.807) is 27.4 Å². The molecular formula is C7H12N2O3. The molecule has 0 fully saturated rings. The highest BCUT2D eigenvalue weighted by atomic mass is 16.5. The maximum Gasteiger partial charge on any atom is 0.231 e. The van der Waals surface area contributed by atoms with Crippen LogP contribution in [0.3, 0.4) is 0 Å². The van der Waals surface area contributed by atoms with E-state index >= 15 is 0 Å². The van der Waals surface area contributed by atoms with Crippen LogP contribution >= 0.6 is 0 Å². The quantitative estimate of drug-likeness (QED) is 0.639. The minimum atomic E-state index is -0.431. The van der Waals surface area contributed by atoms with Crippen LogP contribution < -0.4 is 5.32 Å². The van der Waals surface area contributed by atoms with Gasteiger partial charge in [-0.2, -0.15) is 4.99 Å². The van der Waals surface area contributed by atoms with Crippen LogP contribution in [0.5, 0.6) is 0 Å². The molecular weight excluding hydrogens is 160 g/mol. The molecule has 1 rings (SSSR count). The summed E-state index contributed by atoms with van der Waals surface area (Å²) in [6.45, 7) is 0. The summed E-state index contributed by atoms with van der Waals surface area (Å²) in [6.07, 6.45) is 1.22. The smallest absolute Gasteiger partial charge is 0.231 e. The van der Waals surface area contributed by atoms with E-state index in [0.717, 1.165) is 0 Å². The van der Waals surface area contributed by atoms with Crippen molar-refractivity contribution in [2.24, 2.45) is 4.99 Å². The fourth-order valence-electron chi connectivity index (χ4n) is 0.802. The molecule has 0 aromatic carbocycles. The molecule has 0 aromatic heterocycles. The lowest BCUT2D eigenvalue weighted by atomic mass is 10.5. The Morgan fingerprint density at radius 3 is 2.58 bits per heavy atom. The van der Waals surface area contributed by atoms with Crippen molar-refractivity contribution in [1.29, 1.82) is 0 Å². The second-order valence-electron chi connectivity index (χ2n) is 2.12. The number of aliphatic imine (C=N–C) groups is 1. The van der Waals surface area contributed by atoms with Crippen LogP contribution in [-0.2, 0) is 14.2 Å². The van der Waals surface area contributed by atoms with Gasteiger partial charge in [0.2, 0.25) is 12.2 Å². The third-order valence-electron chi connectivity index (χ3n) is 1.42. The van der Waals surface area contributed by atoms with E-state index in [1.807, 2.05) is 0 Å². The maximum absolute atomic E-state index is 4.96. The number of hydrogen-bond acceptors (Lipinski definition) is 5. The van der Waals surface area contributed by atoms with Gasteiger partial charge in [-0.3, -0.25) is 0 Å². The number of ether oxygens (including phenoxy) is 3. The summed E-state index contributed by atoms with van der Waals surface area (Å²) in [5.41, 5.74) is 0. The Morgan fingerprint density at radius 1 is 1.33 bits per heavy atom. The molecule has 5 nitrogen and oxygen atoms in total. The van der Waals surface area contributed by atoms with Crippen LogP contribution in [0.25, 0.3) is 0 Å². The Hall–Kier alpha value is -1.23. The van der Waals surface area contributed by atoms with E-state index in [9.17, 15) is 0 Å². The lowest BCUT2D eigenvalue weighted by molar-refractivity contribution is 0.0662. The van der Waals surface area contributed by atoms with Crippen molar-refractivity contribution in [1.82, 2.24) is 5.32 Å². The number of methoxy groups -OCH3 is 3. The van der Waals surface area contributed by atoms with Crippen molar-refractivity contribution < 1.29 is 14.2 Å². The van der Waals surface area contributed by atoms with E-state index in [1.165, 1.54) is 0 Å². The topological polar surface area (TPSA) is 52.1 Å². The number of nitrogens with zero attached hydrogens (tertiary/aromatic N) is 1. The Kier molecular flexibility index (Phi) is 2.93. The molecule has 0 radical (unpaired) electrons. The maximum atomic E-state index is 4.96. The molecule has 1 aliphatic heterocycles. The van der Waals surface area contributed by atoms with Gasteiger partial charge < -0.3 is 19.5 Å². The molecule has 0 bridgehead atoms. The van der Waals surface area contributed by atoms with Crippen LogP contribution in [0.4, 0.5) is 0 Å². The highest BCUT2D eigenvalue weighted by Gasteiger charge is 2.14.